The first-order chi connectivity index (χ1) is 20.3. The van der Waals surface area contributed by atoms with Crippen LogP contribution in [-0.4, -0.2) is 71.6 Å². The molecule has 5 rings (SSSR count). The Hall–Kier alpha value is -3.32. The topological polar surface area (TPSA) is 44.6 Å². The molecule has 0 spiro atoms. The molecule has 2 heterocycles. The number of hydrogen-bond acceptors (Lipinski definition) is 4. The highest BCUT2D eigenvalue weighted by atomic mass is 35.5. The Morgan fingerprint density at radius 1 is 0.952 bits per heavy atom. The Balaban J connectivity index is 1.23. The monoisotopic (exact) mass is 603 g/mol. The summed E-state index contributed by atoms with van der Waals surface area (Å²) in [7, 11) is 1.89. The molecule has 6 nitrogen and oxygen atoms in total. The normalized spacial score (nSPS) is 14.6. The number of benzene rings is 3. The zero-order valence-electron chi connectivity index (χ0n) is 24.6. The molecule has 8 heteroatoms. The van der Waals surface area contributed by atoms with Gasteiger partial charge < -0.3 is 14.4 Å². The van der Waals surface area contributed by atoms with Crippen molar-refractivity contribution in [2.75, 3.05) is 51.2 Å². The number of para-hydroxylation sites is 1. The number of anilines is 1. The molecule has 1 fully saturated rings. The number of amides is 1. The van der Waals surface area contributed by atoms with E-state index in [0.29, 0.717) is 16.6 Å². The van der Waals surface area contributed by atoms with Gasteiger partial charge in [-0.1, -0.05) is 64.7 Å². The lowest BCUT2D eigenvalue weighted by atomic mass is 9.94. The van der Waals surface area contributed by atoms with Crippen molar-refractivity contribution in [3.05, 3.63) is 117 Å². The van der Waals surface area contributed by atoms with E-state index in [1.807, 2.05) is 74.8 Å². The lowest BCUT2D eigenvalue weighted by Crippen LogP contribution is -2.47. The molecule has 4 aromatic rings. The van der Waals surface area contributed by atoms with Crippen molar-refractivity contribution in [1.29, 1.82) is 0 Å². The summed E-state index contributed by atoms with van der Waals surface area (Å²) in [6.07, 6.45) is 6.61. The molecule has 1 atom stereocenters. The van der Waals surface area contributed by atoms with Crippen molar-refractivity contribution in [2.24, 2.45) is 0 Å². The van der Waals surface area contributed by atoms with Crippen LogP contribution >= 0.6 is 23.2 Å². The van der Waals surface area contributed by atoms with Gasteiger partial charge in [-0.05, 0) is 68.3 Å². The highest BCUT2D eigenvalue weighted by Crippen LogP contribution is 2.30. The lowest BCUT2D eigenvalue weighted by Gasteiger charge is -2.37. The molecule has 42 heavy (non-hydrogen) atoms. The number of nitrogens with zero attached hydrogens (tertiary/aromatic N) is 5. The molecule has 0 unspecified atom stereocenters. The second-order valence-electron chi connectivity index (χ2n) is 11.4. The largest absolute Gasteiger partial charge is 0.369 e. The molecule has 1 aliphatic rings. The van der Waals surface area contributed by atoms with Gasteiger partial charge in [0, 0.05) is 69.3 Å². The van der Waals surface area contributed by atoms with Crippen LogP contribution in [0.3, 0.4) is 0 Å². The summed E-state index contributed by atoms with van der Waals surface area (Å²) in [4.78, 5) is 24.5. The van der Waals surface area contributed by atoms with E-state index in [1.54, 1.807) is 0 Å². The standard InChI is InChI=1S/C34H39Cl2N5O/c1-25-18-26(2)20-30(19-25)34(42)38(3)22-28(27-8-9-31(35)32(36)21-27)10-12-39-14-16-41(17-15-39)33-7-5-4-6-29(33)23-40-13-11-37-24-40/h4-9,11,13,18-21,24,28H,10,12,14-17,22-23H2,1-3H3/t28-/m1/s1. The Labute approximate surface area is 259 Å². The van der Waals surface area contributed by atoms with Crippen molar-refractivity contribution in [3.63, 3.8) is 0 Å². The number of carbonyl (C=O) groups is 1. The minimum absolute atomic E-state index is 0.0369. The summed E-state index contributed by atoms with van der Waals surface area (Å²) in [5, 5.41) is 1.09. The summed E-state index contributed by atoms with van der Waals surface area (Å²) < 4.78 is 2.11. The minimum Gasteiger partial charge on any atom is -0.369 e. The number of piperazine rings is 1. The zero-order valence-corrected chi connectivity index (χ0v) is 26.2. The third-order valence-electron chi connectivity index (χ3n) is 8.14. The Kier molecular flexibility index (Phi) is 9.88. The van der Waals surface area contributed by atoms with Crippen LogP contribution in [0, 0.1) is 13.8 Å². The Bertz CT molecular complexity index is 1480. The number of rotatable bonds is 10. The molecule has 1 saturated heterocycles. The summed E-state index contributed by atoms with van der Waals surface area (Å²) in [5.74, 6) is 0.170. The van der Waals surface area contributed by atoms with Crippen molar-refractivity contribution in [1.82, 2.24) is 19.4 Å². The van der Waals surface area contributed by atoms with Gasteiger partial charge in [-0.15, -0.1) is 0 Å². The van der Waals surface area contributed by atoms with Crippen molar-refractivity contribution >= 4 is 34.8 Å². The number of aryl methyl sites for hydroxylation is 2. The van der Waals surface area contributed by atoms with E-state index in [-0.39, 0.29) is 11.8 Å². The van der Waals surface area contributed by atoms with E-state index in [2.05, 4.69) is 49.7 Å². The fraction of sp³-hybridized carbons (Fsp3) is 0.353. The highest BCUT2D eigenvalue weighted by Gasteiger charge is 2.23. The maximum atomic E-state index is 13.4. The van der Waals surface area contributed by atoms with E-state index in [0.717, 1.165) is 67.9 Å². The van der Waals surface area contributed by atoms with Crippen LogP contribution in [0.2, 0.25) is 10.0 Å². The molecular weight excluding hydrogens is 565 g/mol. The maximum absolute atomic E-state index is 13.4. The third kappa shape index (κ3) is 7.54. The quantitative estimate of drug-likeness (QED) is 0.197. The number of imidazole rings is 1. The molecule has 220 valence electrons. The van der Waals surface area contributed by atoms with Gasteiger partial charge in [-0.2, -0.15) is 0 Å². The minimum atomic E-state index is 0.0369. The third-order valence-corrected chi connectivity index (χ3v) is 8.87. The van der Waals surface area contributed by atoms with E-state index in [1.165, 1.54) is 11.3 Å². The predicted molar refractivity (Wildman–Crippen MR) is 173 cm³/mol. The molecular formula is C34H39Cl2N5O. The average molecular weight is 605 g/mol. The fourth-order valence-corrected chi connectivity index (χ4v) is 6.25. The lowest BCUT2D eigenvalue weighted by molar-refractivity contribution is 0.0782. The van der Waals surface area contributed by atoms with Gasteiger partial charge in [-0.25, -0.2) is 4.98 Å². The maximum Gasteiger partial charge on any atom is 0.253 e. The van der Waals surface area contributed by atoms with Crippen molar-refractivity contribution < 1.29 is 4.79 Å². The summed E-state index contributed by atoms with van der Waals surface area (Å²) in [6.45, 7) is 10.4. The molecule has 1 aromatic heterocycles. The average Bonchev–Trinajstić information content (AvgIpc) is 3.49. The van der Waals surface area contributed by atoms with Gasteiger partial charge in [-0.3, -0.25) is 9.69 Å². The molecule has 3 aromatic carbocycles. The van der Waals surface area contributed by atoms with Gasteiger partial charge in [0.15, 0.2) is 0 Å². The van der Waals surface area contributed by atoms with Crippen LogP contribution in [0.1, 0.15) is 45.0 Å². The number of hydrogen-bond donors (Lipinski definition) is 0. The molecule has 1 amide bonds. The van der Waals surface area contributed by atoms with Crippen LogP contribution in [-0.2, 0) is 6.54 Å². The molecule has 0 aliphatic carbocycles. The zero-order chi connectivity index (χ0) is 29.6. The summed E-state index contributed by atoms with van der Waals surface area (Å²) >= 11 is 12.7. The molecule has 0 radical (unpaired) electrons. The van der Waals surface area contributed by atoms with Crippen molar-refractivity contribution in [2.45, 2.75) is 32.7 Å². The molecule has 0 bridgehead atoms. The van der Waals surface area contributed by atoms with Crippen molar-refractivity contribution in [3.8, 4) is 0 Å². The SMILES string of the molecule is Cc1cc(C)cc(C(=O)N(C)C[C@@H](CCN2CCN(c3ccccc3Cn3ccnc3)CC2)c2ccc(Cl)c(Cl)c2)c1. The van der Waals surface area contributed by atoms with Crippen LogP contribution in [0.5, 0.6) is 0 Å². The van der Waals surface area contributed by atoms with Gasteiger partial charge in [0.1, 0.15) is 0 Å². The summed E-state index contributed by atoms with van der Waals surface area (Å²) in [5.41, 5.74) is 6.63. The molecule has 1 aliphatic heterocycles. The van der Waals surface area contributed by atoms with Crippen LogP contribution in [0.25, 0.3) is 0 Å². The van der Waals surface area contributed by atoms with Crippen LogP contribution < -0.4 is 4.90 Å². The van der Waals surface area contributed by atoms with Gasteiger partial charge in [0.05, 0.1) is 22.9 Å². The Morgan fingerprint density at radius 2 is 1.69 bits per heavy atom. The second-order valence-corrected chi connectivity index (χ2v) is 12.2. The first kappa shape index (κ1) is 30.1. The van der Waals surface area contributed by atoms with E-state index in [9.17, 15) is 4.79 Å². The van der Waals surface area contributed by atoms with E-state index < -0.39 is 0 Å². The number of aromatic nitrogens is 2. The van der Waals surface area contributed by atoms with E-state index >= 15 is 0 Å². The van der Waals surface area contributed by atoms with E-state index in [4.69, 9.17) is 23.2 Å². The van der Waals surface area contributed by atoms with Crippen LogP contribution in [0.15, 0.2) is 79.4 Å². The first-order valence-electron chi connectivity index (χ1n) is 14.6. The fourth-order valence-electron chi connectivity index (χ4n) is 5.94. The van der Waals surface area contributed by atoms with Crippen LogP contribution in [0.4, 0.5) is 5.69 Å². The molecule has 0 saturated carbocycles. The number of likely N-dealkylation sites (N-methyl/N-ethyl adjacent to an activating group) is 1. The first-order valence-corrected chi connectivity index (χ1v) is 15.3. The van der Waals surface area contributed by atoms with Gasteiger partial charge in [0.2, 0.25) is 0 Å². The Morgan fingerprint density at radius 3 is 2.38 bits per heavy atom. The van der Waals surface area contributed by atoms with Gasteiger partial charge >= 0.3 is 0 Å². The summed E-state index contributed by atoms with van der Waals surface area (Å²) in [6, 6.07) is 20.5. The smallest absolute Gasteiger partial charge is 0.253 e. The predicted octanol–water partition coefficient (Wildman–Crippen LogP) is 6.92. The number of carbonyl (C=O) groups excluding carboxylic acids is 1. The second kappa shape index (κ2) is 13.8. The number of halogens is 2. The van der Waals surface area contributed by atoms with Gasteiger partial charge in [0.25, 0.3) is 5.91 Å². The molecule has 0 N–H and O–H groups in total. The highest BCUT2D eigenvalue weighted by molar-refractivity contribution is 6.42.